The average molecular weight is 420 g/mol. The van der Waals surface area contributed by atoms with Gasteiger partial charge in [-0.25, -0.2) is 0 Å². The van der Waals surface area contributed by atoms with E-state index < -0.39 is 0 Å². The minimum atomic E-state index is 0.152. The highest BCUT2D eigenvalue weighted by atomic mass is 16.5. The summed E-state index contributed by atoms with van der Waals surface area (Å²) in [6.07, 6.45) is 6.18. The molecule has 2 aliphatic carbocycles. The lowest BCUT2D eigenvalue weighted by Crippen LogP contribution is -2.68. The number of guanidine groups is 1. The second-order valence-electron chi connectivity index (χ2n) is 10.1. The summed E-state index contributed by atoms with van der Waals surface area (Å²) in [7, 11) is 0. The van der Waals surface area contributed by atoms with Crippen LogP contribution in [0.3, 0.4) is 0 Å². The summed E-state index contributed by atoms with van der Waals surface area (Å²) < 4.78 is 5.92. The van der Waals surface area contributed by atoms with Gasteiger partial charge in [0.1, 0.15) is 0 Å². The molecule has 7 heteroatoms. The van der Waals surface area contributed by atoms with Crippen molar-refractivity contribution in [3.63, 3.8) is 0 Å². The van der Waals surface area contributed by atoms with Crippen molar-refractivity contribution in [2.45, 2.75) is 65.0 Å². The van der Waals surface area contributed by atoms with E-state index in [9.17, 15) is 4.79 Å². The zero-order valence-corrected chi connectivity index (χ0v) is 19.2. The maximum atomic E-state index is 12.6. The van der Waals surface area contributed by atoms with E-state index in [4.69, 9.17) is 9.73 Å². The smallest absolute Gasteiger partial charge is 0.225 e. The Hall–Kier alpha value is -1.34. The topological polar surface area (TPSA) is 69.2 Å². The molecule has 0 aromatic heterocycles. The highest BCUT2D eigenvalue weighted by Gasteiger charge is 2.59. The van der Waals surface area contributed by atoms with E-state index in [1.807, 2.05) is 0 Å². The van der Waals surface area contributed by atoms with Crippen LogP contribution in [0.1, 0.15) is 52.9 Å². The predicted octanol–water partition coefficient (Wildman–Crippen LogP) is 1.69. The van der Waals surface area contributed by atoms with Gasteiger partial charge >= 0.3 is 0 Å². The van der Waals surface area contributed by atoms with E-state index >= 15 is 0 Å². The number of nitrogens with zero attached hydrogens (tertiary/aromatic N) is 3. The van der Waals surface area contributed by atoms with Crippen LogP contribution in [-0.2, 0) is 9.53 Å². The molecular weight excluding hydrogens is 378 g/mol. The maximum absolute atomic E-state index is 12.6. The lowest BCUT2D eigenvalue weighted by atomic mass is 9.57. The Kier molecular flexibility index (Phi) is 6.88. The largest absolute Gasteiger partial charge is 0.377 e. The van der Waals surface area contributed by atoms with Crippen LogP contribution < -0.4 is 10.6 Å². The van der Waals surface area contributed by atoms with E-state index in [1.54, 1.807) is 0 Å². The SMILES string of the molecule is CCNC(=NCCN1CCN(C(=O)C2CCCC2)CC1)NC1C2CCOC2C1(C)C. The summed E-state index contributed by atoms with van der Waals surface area (Å²) in [5.74, 6) is 2.24. The van der Waals surface area contributed by atoms with Gasteiger partial charge in [-0.1, -0.05) is 26.7 Å². The Morgan fingerprint density at radius 3 is 2.57 bits per heavy atom. The zero-order chi connectivity index (χ0) is 21.1. The normalized spacial score (nSPS) is 32.0. The molecule has 7 nitrogen and oxygen atoms in total. The van der Waals surface area contributed by atoms with Crippen molar-refractivity contribution in [1.82, 2.24) is 20.4 Å². The summed E-state index contributed by atoms with van der Waals surface area (Å²) in [6.45, 7) is 13.9. The molecule has 170 valence electrons. The fourth-order valence-electron chi connectivity index (χ4n) is 6.01. The number of hydrogen-bond acceptors (Lipinski definition) is 4. The maximum Gasteiger partial charge on any atom is 0.225 e. The summed E-state index contributed by atoms with van der Waals surface area (Å²) >= 11 is 0. The van der Waals surface area contributed by atoms with Crippen molar-refractivity contribution >= 4 is 11.9 Å². The van der Waals surface area contributed by atoms with Crippen LogP contribution >= 0.6 is 0 Å². The monoisotopic (exact) mass is 419 g/mol. The van der Waals surface area contributed by atoms with Crippen molar-refractivity contribution in [2.75, 3.05) is 52.4 Å². The number of piperazine rings is 1. The van der Waals surface area contributed by atoms with Crippen LogP contribution in [0, 0.1) is 17.3 Å². The van der Waals surface area contributed by atoms with Gasteiger partial charge in [0.15, 0.2) is 5.96 Å². The lowest BCUT2D eigenvalue weighted by Gasteiger charge is -2.54. The zero-order valence-electron chi connectivity index (χ0n) is 19.2. The van der Waals surface area contributed by atoms with E-state index in [0.29, 0.717) is 29.9 Å². The number of fused-ring (bicyclic) bond motifs is 1. The number of aliphatic imine (C=N–C) groups is 1. The standard InChI is InChI=1S/C23H41N5O2/c1-4-24-22(26-19-18-9-16-30-20(18)23(19,2)3)25-10-11-27-12-14-28(15-13-27)21(29)17-7-5-6-8-17/h17-20H,4-16H2,1-3H3,(H2,24,25,26). The molecule has 4 aliphatic rings. The van der Waals surface area contributed by atoms with Crippen LogP contribution in [0.25, 0.3) is 0 Å². The van der Waals surface area contributed by atoms with Crippen LogP contribution in [0.4, 0.5) is 0 Å². The first kappa shape index (κ1) is 21.9. The van der Waals surface area contributed by atoms with Gasteiger partial charge in [-0.15, -0.1) is 0 Å². The van der Waals surface area contributed by atoms with Gasteiger partial charge in [-0.05, 0) is 26.2 Å². The molecule has 2 heterocycles. The molecule has 1 amide bonds. The van der Waals surface area contributed by atoms with Crippen LogP contribution in [0.2, 0.25) is 0 Å². The Bertz CT molecular complexity index is 623. The predicted molar refractivity (Wildman–Crippen MR) is 120 cm³/mol. The molecule has 0 spiro atoms. The van der Waals surface area contributed by atoms with E-state index in [1.165, 1.54) is 12.8 Å². The van der Waals surface area contributed by atoms with Gasteiger partial charge in [0.2, 0.25) is 5.91 Å². The third-order valence-corrected chi connectivity index (χ3v) is 7.81. The van der Waals surface area contributed by atoms with Crippen molar-refractivity contribution in [1.29, 1.82) is 0 Å². The number of rotatable bonds is 6. The molecule has 2 saturated heterocycles. The third-order valence-electron chi connectivity index (χ3n) is 7.81. The number of hydrogen-bond donors (Lipinski definition) is 2. The summed E-state index contributed by atoms with van der Waals surface area (Å²) in [4.78, 5) is 22.0. The van der Waals surface area contributed by atoms with Crippen LogP contribution in [0.5, 0.6) is 0 Å². The Balaban J connectivity index is 1.22. The Labute approximate surface area is 182 Å². The van der Waals surface area contributed by atoms with Gasteiger partial charge < -0.3 is 20.3 Å². The molecule has 3 atom stereocenters. The fraction of sp³-hybridized carbons (Fsp3) is 0.913. The molecule has 4 rings (SSSR count). The number of carbonyl (C=O) groups excluding carboxylic acids is 1. The molecule has 4 fully saturated rings. The number of amides is 1. The first-order valence-corrected chi connectivity index (χ1v) is 12.2. The van der Waals surface area contributed by atoms with E-state index in [2.05, 4.69) is 41.2 Å². The molecule has 0 aromatic carbocycles. The minimum Gasteiger partial charge on any atom is -0.377 e. The van der Waals surface area contributed by atoms with Crippen molar-refractivity contribution in [3.05, 3.63) is 0 Å². The highest BCUT2D eigenvalue weighted by molar-refractivity contribution is 5.80. The second kappa shape index (κ2) is 9.43. The number of nitrogens with one attached hydrogen (secondary N) is 2. The fourth-order valence-corrected chi connectivity index (χ4v) is 6.01. The highest BCUT2D eigenvalue weighted by Crippen LogP contribution is 2.52. The third kappa shape index (κ3) is 4.47. The van der Waals surface area contributed by atoms with Gasteiger partial charge in [0, 0.05) is 69.2 Å². The minimum absolute atomic E-state index is 0.152. The molecule has 0 bridgehead atoms. The van der Waals surface area contributed by atoms with Crippen LogP contribution in [-0.4, -0.2) is 86.2 Å². The molecular formula is C23H41N5O2. The Morgan fingerprint density at radius 2 is 1.87 bits per heavy atom. The van der Waals surface area contributed by atoms with Gasteiger partial charge in [0.05, 0.1) is 12.6 Å². The van der Waals surface area contributed by atoms with Crippen LogP contribution in [0.15, 0.2) is 4.99 Å². The van der Waals surface area contributed by atoms with Gasteiger partial charge in [0.25, 0.3) is 0 Å². The second-order valence-corrected chi connectivity index (χ2v) is 10.1. The molecule has 2 N–H and O–H groups in total. The summed E-state index contributed by atoms with van der Waals surface area (Å²) in [5.41, 5.74) is 0.152. The molecule has 2 saturated carbocycles. The average Bonchev–Trinajstić information content (AvgIpc) is 3.43. The number of carbonyl (C=O) groups is 1. The first-order valence-electron chi connectivity index (χ1n) is 12.2. The molecule has 0 radical (unpaired) electrons. The van der Waals surface area contributed by atoms with Crippen molar-refractivity contribution in [2.24, 2.45) is 22.2 Å². The summed E-state index contributed by atoms with van der Waals surface area (Å²) in [5, 5.41) is 7.11. The molecule has 30 heavy (non-hydrogen) atoms. The van der Waals surface area contributed by atoms with Gasteiger partial charge in [-0.3, -0.25) is 14.7 Å². The first-order chi connectivity index (χ1) is 14.5. The Morgan fingerprint density at radius 1 is 1.13 bits per heavy atom. The van der Waals surface area contributed by atoms with E-state index in [-0.39, 0.29) is 5.41 Å². The molecule has 0 aromatic rings. The van der Waals surface area contributed by atoms with E-state index in [0.717, 1.165) is 77.6 Å². The quantitative estimate of drug-likeness (QED) is 0.507. The van der Waals surface area contributed by atoms with Gasteiger partial charge in [-0.2, -0.15) is 0 Å². The van der Waals surface area contributed by atoms with Crippen molar-refractivity contribution < 1.29 is 9.53 Å². The van der Waals surface area contributed by atoms with Crippen molar-refractivity contribution in [3.8, 4) is 0 Å². The summed E-state index contributed by atoms with van der Waals surface area (Å²) in [6, 6.07) is 0.424. The number of ether oxygens (including phenoxy) is 1. The molecule has 2 aliphatic heterocycles. The molecule has 3 unspecified atom stereocenters. The lowest BCUT2D eigenvalue weighted by molar-refractivity contribution is -0.137.